The minimum absolute atomic E-state index is 0. The van der Waals surface area contributed by atoms with Gasteiger partial charge >= 0.3 is 0 Å². The number of benzene rings is 1. The van der Waals surface area contributed by atoms with Crippen LogP contribution in [0.1, 0.15) is 56.6 Å². The van der Waals surface area contributed by atoms with E-state index in [4.69, 9.17) is 4.99 Å². The van der Waals surface area contributed by atoms with Gasteiger partial charge in [-0.2, -0.15) is 0 Å². The number of nitrogens with zero attached hydrogens (tertiary/aromatic N) is 2. The van der Waals surface area contributed by atoms with Gasteiger partial charge in [-0.15, -0.1) is 24.0 Å². The van der Waals surface area contributed by atoms with Gasteiger partial charge in [-0.3, -0.25) is 4.99 Å². The number of hydrogen-bond acceptors (Lipinski definition) is 2. The first-order valence-electron chi connectivity index (χ1n) is 10.00. The van der Waals surface area contributed by atoms with Gasteiger partial charge < -0.3 is 15.5 Å². The molecule has 0 radical (unpaired) electrons. The number of hydrogen-bond donors (Lipinski definition) is 2. The maximum atomic E-state index is 4.78. The summed E-state index contributed by atoms with van der Waals surface area (Å²) in [5, 5.41) is 6.85. The van der Waals surface area contributed by atoms with E-state index in [1.807, 2.05) is 0 Å². The van der Waals surface area contributed by atoms with Crippen LogP contribution in [0.2, 0.25) is 0 Å². The van der Waals surface area contributed by atoms with Crippen LogP contribution in [0.5, 0.6) is 0 Å². The third-order valence-corrected chi connectivity index (χ3v) is 4.87. The molecule has 1 aromatic rings. The van der Waals surface area contributed by atoms with Crippen molar-refractivity contribution >= 4 is 29.9 Å². The SMILES string of the molecule is CCNC(=NCC(C)c1cccc(C)c1)NCCCCN1CCCC1.I. The lowest BCUT2D eigenvalue weighted by atomic mass is 10.00. The Hall–Kier alpha value is -0.820. The molecular weight excluding hydrogens is 435 g/mol. The van der Waals surface area contributed by atoms with Crippen LogP contribution in [-0.4, -0.2) is 50.1 Å². The van der Waals surface area contributed by atoms with Crippen molar-refractivity contribution in [3.8, 4) is 0 Å². The number of likely N-dealkylation sites (tertiary alicyclic amines) is 1. The Kier molecular flexibility index (Phi) is 11.9. The molecule has 1 unspecified atom stereocenters. The summed E-state index contributed by atoms with van der Waals surface area (Å²) in [4.78, 5) is 7.36. The highest BCUT2D eigenvalue weighted by molar-refractivity contribution is 14.0. The predicted molar refractivity (Wildman–Crippen MR) is 124 cm³/mol. The molecule has 0 bridgehead atoms. The first-order valence-corrected chi connectivity index (χ1v) is 10.00. The molecule has 1 heterocycles. The Morgan fingerprint density at radius 1 is 1.19 bits per heavy atom. The van der Waals surface area contributed by atoms with Gasteiger partial charge in [0.25, 0.3) is 0 Å². The zero-order valence-electron chi connectivity index (χ0n) is 16.8. The molecule has 0 amide bonds. The van der Waals surface area contributed by atoms with Crippen molar-refractivity contribution in [3.63, 3.8) is 0 Å². The second-order valence-corrected chi connectivity index (χ2v) is 7.22. The van der Waals surface area contributed by atoms with Crippen LogP contribution in [0.4, 0.5) is 0 Å². The van der Waals surface area contributed by atoms with Gasteiger partial charge in [0.1, 0.15) is 0 Å². The molecule has 1 saturated heterocycles. The molecular formula is C21H37IN4. The molecule has 1 fully saturated rings. The molecule has 0 saturated carbocycles. The van der Waals surface area contributed by atoms with E-state index in [2.05, 4.69) is 60.6 Å². The number of rotatable bonds is 9. The van der Waals surface area contributed by atoms with Crippen LogP contribution >= 0.6 is 24.0 Å². The maximum absolute atomic E-state index is 4.78. The van der Waals surface area contributed by atoms with Gasteiger partial charge in [0.15, 0.2) is 5.96 Å². The Morgan fingerprint density at radius 2 is 1.96 bits per heavy atom. The average molecular weight is 472 g/mol. The zero-order valence-corrected chi connectivity index (χ0v) is 19.1. The van der Waals surface area contributed by atoms with Crippen molar-refractivity contribution in [1.29, 1.82) is 0 Å². The van der Waals surface area contributed by atoms with E-state index in [0.29, 0.717) is 5.92 Å². The van der Waals surface area contributed by atoms with E-state index in [0.717, 1.165) is 25.6 Å². The topological polar surface area (TPSA) is 39.7 Å². The minimum atomic E-state index is 0. The molecule has 1 aliphatic rings. The molecule has 0 aliphatic carbocycles. The molecule has 1 aliphatic heterocycles. The zero-order chi connectivity index (χ0) is 17.9. The minimum Gasteiger partial charge on any atom is -0.357 e. The molecule has 5 heteroatoms. The fraction of sp³-hybridized carbons (Fsp3) is 0.667. The lowest BCUT2D eigenvalue weighted by molar-refractivity contribution is 0.330. The Balaban J connectivity index is 0.00000338. The second kappa shape index (κ2) is 13.4. The van der Waals surface area contributed by atoms with Crippen molar-refractivity contribution in [3.05, 3.63) is 35.4 Å². The van der Waals surface area contributed by atoms with Crippen LogP contribution < -0.4 is 10.6 Å². The summed E-state index contributed by atoms with van der Waals surface area (Å²) in [6.45, 7) is 13.1. The Labute approximate surface area is 177 Å². The highest BCUT2D eigenvalue weighted by Gasteiger charge is 2.10. The molecule has 0 aromatic heterocycles. The summed E-state index contributed by atoms with van der Waals surface area (Å²) in [6.07, 6.45) is 5.24. The largest absolute Gasteiger partial charge is 0.357 e. The smallest absolute Gasteiger partial charge is 0.191 e. The van der Waals surface area contributed by atoms with Gasteiger partial charge in [0, 0.05) is 25.6 Å². The number of unbranched alkanes of at least 4 members (excludes halogenated alkanes) is 1. The van der Waals surface area contributed by atoms with Gasteiger partial charge in [0.2, 0.25) is 0 Å². The normalized spacial score (nSPS) is 16.2. The lowest BCUT2D eigenvalue weighted by Gasteiger charge is -2.16. The van der Waals surface area contributed by atoms with Gasteiger partial charge in [-0.1, -0.05) is 36.8 Å². The van der Waals surface area contributed by atoms with Crippen LogP contribution in [-0.2, 0) is 0 Å². The summed E-state index contributed by atoms with van der Waals surface area (Å²) in [5.74, 6) is 1.38. The number of aliphatic imine (C=N–C) groups is 1. The molecule has 2 rings (SSSR count). The Bertz CT molecular complexity index is 526. The first kappa shape index (κ1) is 23.2. The molecule has 4 nitrogen and oxygen atoms in total. The fourth-order valence-electron chi connectivity index (χ4n) is 3.33. The van der Waals surface area contributed by atoms with Gasteiger partial charge in [-0.25, -0.2) is 0 Å². The van der Waals surface area contributed by atoms with E-state index < -0.39 is 0 Å². The summed E-state index contributed by atoms with van der Waals surface area (Å²) in [6, 6.07) is 8.74. The average Bonchev–Trinajstić information content (AvgIpc) is 3.12. The maximum Gasteiger partial charge on any atom is 0.191 e. The Morgan fingerprint density at radius 3 is 2.65 bits per heavy atom. The van der Waals surface area contributed by atoms with Crippen LogP contribution in [0.3, 0.4) is 0 Å². The second-order valence-electron chi connectivity index (χ2n) is 7.22. The number of nitrogens with one attached hydrogen (secondary N) is 2. The van der Waals surface area contributed by atoms with Crippen molar-refractivity contribution in [2.45, 2.75) is 52.4 Å². The fourth-order valence-corrected chi connectivity index (χ4v) is 3.33. The van der Waals surface area contributed by atoms with Gasteiger partial charge in [-0.05, 0) is 64.7 Å². The third-order valence-electron chi connectivity index (χ3n) is 4.87. The first-order chi connectivity index (χ1) is 12.2. The third kappa shape index (κ3) is 8.71. The van der Waals surface area contributed by atoms with E-state index >= 15 is 0 Å². The molecule has 148 valence electrons. The molecule has 0 spiro atoms. The van der Waals surface area contributed by atoms with E-state index in [1.165, 1.54) is 56.4 Å². The standard InChI is InChI=1S/C21H36N4.HI/c1-4-22-21(23-12-5-6-13-25-14-7-8-15-25)24-17-19(3)20-11-9-10-18(2)16-20;/h9-11,16,19H,4-8,12-15,17H2,1-3H3,(H2,22,23,24);1H. The van der Waals surface area contributed by atoms with E-state index in [9.17, 15) is 0 Å². The van der Waals surface area contributed by atoms with Crippen LogP contribution in [0.15, 0.2) is 29.3 Å². The number of guanidine groups is 1. The summed E-state index contributed by atoms with van der Waals surface area (Å²) in [5.41, 5.74) is 2.68. The monoisotopic (exact) mass is 472 g/mol. The van der Waals surface area contributed by atoms with Crippen LogP contribution in [0.25, 0.3) is 0 Å². The van der Waals surface area contributed by atoms with Crippen molar-refractivity contribution in [2.75, 3.05) is 39.3 Å². The molecule has 26 heavy (non-hydrogen) atoms. The molecule has 1 aromatic carbocycles. The molecule has 1 atom stereocenters. The lowest BCUT2D eigenvalue weighted by Crippen LogP contribution is -2.38. The number of aryl methyl sites for hydroxylation is 1. The van der Waals surface area contributed by atoms with E-state index in [1.54, 1.807) is 0 Å². The number of halogens is 1. The van der Waals surface area contributed by atoms with Crippen molar-refractivity contribution in [1.82, 2.24) is 15.5 Å². The predicted octanol–water partition coefficient (Wildman–Crippen LogP) is 4.15. The summed E-state index contributed by atoms with van der Waals surface area (Å²) < 4.78 is 0. The van der Waals surface area contributed by atoms with Crippen LogP contribution in [0, 0.1) is 6.92 Å². The molecule has 2 N–H and O–H groups in total. The highest BCUT2D eigenvalue weighted by Crippen LogP contribution is 2.16. The van der Waals surface area contributed by atoms with Gasteiger partial charge in [0.05, 0.1) is 0 Å². The van der Waals surface area contributed by atoms with E-state index in [-0.39, 0.29) is 24.0 Å². The van der Waals surface area contributed by atoms with Crippen molar-refractivity contribution < 1.29 is 0 Å². The highest BCUT2D eigenvalue weighted by atomic mass is 127. The van der Waals surface area contributed by atoms with Crippen molar-refractivity contribution in [2.24, 2.45) is 4.99 Å². The summed E-state index contributed by atoms with van der Waals surface area (Å²) >= 11 is 0. The quantitative estimate of drug-likeness (QED) is 0.246. The summed E-state index contributed by atoms with van der Waals surface area (Å²) in [7, 11) is 0.